The Morgan fingerprint density at radius 2 is 2.45 bits per heavy atom. The van der Waals surface area contributed by atoms with Crippen LogP contribution in [0.4, 0.5) is 0 Å². The summed E-state index contributed by atoms with van der Waals surface area (Å²) in [5, 5.41) is 11.3. The van der Waals surface area contributed by atoms with Crippen molar-refractivity contribution in [2.45, 2.75) is 6.04 Å². The van der Waals surface area contributed by atoms with E-state index in [0.29, 0.717) is 13.1 Å². The van der Waals surface area contributed by atoms with E-state index in [-0.39, 0.29) is 6.61 Å². The molecule has 0 heterocycles. The summed E-state index contributed by atoms with van der Waals surface area (Å²) < 4.78 is 4.68. The highest BCUT2D eigenvalue weighted by Crippen LogP contribution is 1.83. The Kier molecular flexibility index (Phi) is 5.73. The first kappa shape index (κ1) is 10.3. The van der Waals surface area contributed by atoms with Gasteiger partial charge in [0.25, 0.3) is 0 Å². The van der Waals surface area contributed by atoms with Gasteiger partial charge in [-0.15, -0.1) is 0 Å². The zero-order chi connectivity index (χ0) is 8.69. The summed E-state index contributed by atoms with van der Waals surface area (Å²) in [4.78, 5) is 10.4. The van der Waals surface area contributed by atoms with Crippen molar-refractivity contribution in [3.63, 3.8) is 0 Å². The molecule has 11 heavy (non-hydrogen) atoms. The van der Waals surface area contributed by atoms with E-state index in [9.17, 15) is 4.79 Å². The van der Waals surface area contributed by atoms with Gasteiger partial charge in [0.2, 0.25) is 0 Å². The summed E-state index contributed by atoms with van der Waals surface area (Å²) in [5.41, 5.74) is 5.18. The van der Waals surface area contributed by atoms with Gasteiger partial charge < -0.3 is 20.9 Å². The number of nitrogens with one attached hydrogen (secondary N) is 1. The van der Waals surface area contributed by atoms with Gasteiger partial charge in [-0.3, -0.25) is 4.79 Å². The highest BCUT2D eigenvalue weighted by atomic mass is 16.5. The summed E-state index contributed by atoms with van der Waals surface area (Å²) in [6, 6.07) is -0.649. The fourth-order valence-electron chi connectivity index (χ4n) is 0.642. The summed E-state index contributed by atoms with van der Waals surface area (Å²) in [7, 11) is 1.46. The van der Waals surface area contributed by atoms with Crippen molar-refractivity contribution in [3.05, 3.63) is 0 Å². The molecule has 0 saturated carbocycles. The maximum absolute atomic E-state index is 10.4. The van der Waals surface area contributed by atoms with E-state index in [4.69, 9.17) is 10.8 Å². The molecule has 0 unspecified atom stereocenters. The molecule has 0 aromatic rings. The molecule has 0 aliphatic rings. The van der Waals surface area contributed by atoms with Crippen LogP contribution < -0.4 is 11.1 Å². The van der Waals surface area contributed by atoms with Crippen molar-refractivity contribution in [1.29, 1.82) is 0 Å². The van der Waals surface area contributed by atoms with Gasteiger partial charge in [0.15, 0.2) is 0 Å². The molecule has 0 amide bonds. The summed E-state index contributed by atoms with van der Waals surface area (Å²) >= 11 is 0. The lowest BCUT2D eigenvalue weighted by Crippen LogP contribution is -2.42. The van der Waals surface area contributed by atoms with E-state index >= 15 is 0 Å². The van der Waals surface area contributed by atoms with Crippen LogP contribution >= 0.6 is 0 Å². The minimum atomic E-state index is -0.916. The number of aliphatic carboxylic acids is 1. The molecular formula is C6H14N2O3. The predicted octanol–water partition coefficient (Wildman–Crippen LogP) is -1.37. The third kappa shape index (κ3) is 4.72. The van der Waals surface area contributed by atoms with Gasteiger partial charge in [0.1, 0.15) is 6.04 Å². The molecule has 0 spiro atoms. The highest BCUT2D eigenvalue weighted by molar-refractivity contribution is 5.73. The third-order valence-electron chi connectivity index (χ3n) is 1.17. The average Bonchev–Trinajstić information content (AvgIpc) is 1.97. The van der Waals surface area contributed by atoms with Crippen LogP contribution in [-0.2, 0) is 9.53 Å². The first-order valence-electron chi connectivity index (χ1n) is 3.37. The molecule has 0 saturated heterocycles. The number of carboxylic acid groups (broad SMARTS) is 1. The van der Waals surface area contributed by atoms with Crippen LogP contribution in [0.15, 0.2) is 0 Å². The minimum absolute atomic E-state index is 0.162. The molecule has 66 valence electrons. The number of carboxylic acids is 1. The number of hydrogen-bond donors (Lipinski definition) is 3. The van der Waals surface area contributed by atoms with Crippen molar-refractivity contribution >= 4 is 5.97 Å². The van der Waals surface area contributed by atoms with Crippen molar-refractivity contribution in [2.75, 3.05) is 26.8 Å². The van der Waals surface area contributed by atoms with E-state index in [0.717, 1.165) is 0 Å². The molecule has 0 aromatic carbocycles. The molecule has 4 N–H and O–H groups in total. The lowest BCUT2D eigenvalue weighted by molar-refractivity contribution is -0.140. The van der Waals surface area contributed by atoms with Gasteiger partial charge >= 0.3 is 5.97 Å². The summed E-state index contributed by atoms with van der Waals surface area (Å²) in [6.07, 6.45) is 0. The van der Waals surface area contributed by atoms with Gasteiger partial charge in [0.05, 0.1) is 6.61 Å². The number of ether oxygens (including phenoxy) is 1. The second kappa shape index (κ2) is 6.09. The molecule has 1 atom stereocenters. The van der Waals surface area contributed by atoms with Gasteiger partial charge in [-0.2, -0.15) is 0 Å². The summed E-state index contributed by atoms with van der Waals surface area (Å²) in [6.45, 7) is 1.07. The van der Waals surface area contributed by atoms with Crippen LogP contribution in [0.25, 0.3) is 0 Å². The fourth-order valence-corrected chi connectivity index (χ4v) is 0.642. The molecule has 5 heteroatoms. The highest BCUT2D eigenvalue weighted by Gasteiger charge is 2.14. The maximum Gasteiger partial charge on any atom is 0.323 e. The van der Waals surface area contributed by atoms with Crippen LogP contribution in [0.3, 0.4) is 0 Å². The average molecular weight is 162 g/mol. The standard InChI is InChI=1S/C6H14N2O3/c1-11-4-5(6(9)10)8-3-2-7/h5,8H,2-4,7H2,1H3,(H,9,10)/t5-/m0/s1. The Labute approximate surface area is 65.5 Å². The smallest absolute Gasteiger partial charge is 0.323 e. The fraction of sp³-hybridized carbons (Fsp3) is 0.833. The zero-order valence-corrected chi connectivity index (χ0v) is 6.54. The zero-order valence-electron chi connectivity index (χ0n) is 6.54. The number of hydrogen-bond acceptors (Lipinski definition) is 4. The third-order valence-corrected chi connectivity index (χ3v) is 1.17. The van der Waals surface area contributed by atoms with Crippen LogP contribution in [0.2, 0.25) is 0 Å². The van der Waals surface area contributed by atoms with Crippen LogP contribution in [-0.4, -0.2) is 43.9 Å². The first-order valence-corrected chi connectivity index (χ1v) is 3.37. The second-order valence-electron chi connectivity index (χ2n) is 2.09. The van der Waals surface area contributed by atoms with Crippen molar-refractivity contribution in [3.8, 4) is 0 Å². The van der Waals surface area contributed by atoms with Gasteiger partial charge in [0, 0.05) is 20.2 Å². The van der Waals surface area contributed by atoms with Crippen LogP contribution in [0, 0.1) is 0 Å². The number of carbonyl (C=O) groups is 1. The second-order valence-corrected chi connectivity index (χ2v) is 2.09. The van der Waals surface area contributed by atoms with Crippen molar-refractivity contribution < 1.29 is 14.6 Å². The quantitative estimate of drug-likeness (QED) is 0.449. The Morgan fingerprint density at radius 3 is 2.82 bits per heavy atom. The molecule has 0 aromatic heterocycles. The molecule has 0 aliphatic heterocycles. The maximum atomic E-state index is 10.4. The minimum Gasteiger partial charge on any atom is -0.480 e. The SMILES string of the molecule is COC[C@H](NCCN)C(=O)O. The molecule has 0 aliphatic carbocycles. The Bertz CT molecular complexity index is 118. The molecule has 0 radical (unpaired) electrons. The lowest BCUT2D eigenvalue weighted by atomic mass is 10.3. The van der Waals surface area contributed by atoms with Gasteiger partial charge in [-0.05, 0) is 0 Å². The number of rotatable bonds is 6. The predicted molar refractivity (Wildman–Crippen MR) is 40.4 cm³/mol. The van der Waals surface area contributed by atoms with Gasteiger partial charge in [-0.1, -0.05) is 0 Å². The van der Waals surface area contributed by atoms with E-state index in [1.165, 1.54) is 7.11 Å². The monoisotopic (exact) mass is 162 g/mol. The van der Waals surface area contributed by atoms with Crippen molar-refractivity contribution in [2.24, 2.45) is 5.73 Å². The van der Waals surface area contributed by atoms with E-state index in [1.54, 1.807) is 0 Å². The Hall–Kier alpha value is -0.650. The molecule has 0 rings (SSSR count). The number of nitrogens with two attached hydrogens (primary N) is 1. The van der Waals surface area contributed by atoms with E-state index in [2.05, 4.69) is 10.1 Å². The van der Waals surface area contributed by atoms with Crippen LogP contribution in [0.5, 0.6) is 0 Å². The normalized spacial score (nSPS) is 12.9. The van der Waals surface area contributed by atoms with Gasteiger partial charge in [-0.25, -0.2) is 0 Å². The van der Waals surface area contributed by atoms with Crippen LogP contribution in [0.1, 0.15) is 0 Å². The number of methoxy groups -OCH3 is 1. The van der Waals surface area contributed by atoms with E-state index in [1.807, 2.05) is 0 Å². The van der Waals surface area contributed by atoms with E-state index < -0.39 is 12.0 Å². The molecule has 5 nitrogen and oxygen atoms in total. The molecule has 0 fully saturated rings. The Morgan fingerprint density at radius 1 is 1.82 bits per heavy atom. The lowest BCUT2D eigenvalue weighted by Gasteiger charge is -2.11. The largest absolute Gasteiger partial charge is 0.480 e. The topological polar surface area (TPSA) is 84.6 Å². The molecular weight excluding hydrogens is 148 g/mol. The first-order chi connectivity index (χ1) is 5.22. The summed E-state index contributed by atoms with van der Waals surface area (Å²) in [5.74, 6) is -0.916. The Balaban J connectivity index is 3.60. The van der Waals surface area contributed by atoms with Crippen molar-refractivity contribution in [1.82, 2.24) is 5.32 Å². The molecule has 0 bridgehead atoms.